The molecule has 1 aromatic heterocycles. The van der Waals surface area contributed by atoms with E-state index in [2.05, 4.69) is 29.1 Å². The molecule has 223 valence electrons. The van der Waals surface area contributed by atoms with Gasteiger partial charge in [-0.25, -0.2) is 0 Å². The number of hydrogen-bond acceptors (Lipinski definition) is 5. The van der Waals surface area contributed by atoms with Gasteiger partial charge in [0.15, 0.2) is 5.78 Å². The summed E-state index contributed by atoms with van der Waals surface area (Å²) >= 11 is 0. The maximum Gasteiger partial charge on any atom is 0.256 e. The van der Waals surface area contributed by atoms with E-state index in [0.29, 0.717) is 52.3 Å². The molecular weight excluding hydrogens is 549 g/mol. The van der Waals surface area contributed by atoms with Crippen molar-refractivity contribution in [2.75, 3.05) is 17.2 Å². The number of ketones is 1. The predicted octanol–water partition coefficient (Wildman–Crippen LogP) is 6.29. The lowest BCUT2D eigenvalue weighted by molar-refractivity contribution is -0.112. The van der Waals surface area contributed by atoms with Crippen molar-refractivity contribution in [3.63, 3.8) is 0 Å². The van der Waals surface area contributed by atoms with Gasteiger partial charge >= 0.3 is 0 Å². The molecule has 1 radical (unpaired) electrons. The molecule has 2 amide bonds. The Hall–Kier alpha value is -5.02. The highest BCUT2D eigenvalue weighted by Gasteiger charge is 2.16. The lowest BCUT2D eigenvalue weighted by Crippen LogP contribution is -2.17. The van der Waals surface area contributed by atoms with E-state index in [1.807, 2.05) is 50.3 Å². The van der Waals surface area contributed by atoms with Crippen LogP contribution in [0.4, 0.5) is 11.5 Å². The third-order valence-corrected chi connectivity index (χ3v) is 7.05. The minimum absolute atomic E-state index is 0.150. The molecule has 9 heteroatoms. The Bertz CT molecular complexity index is 1670. The number of nitrogens with zero attached hydrogens (tertiary/aromatic N) is 2. The summed E-state index contributed by atoms with van der Waals surface area (Å²) in [5.41, 5.74) is 10.7. The standard InChI is InChI=1S/C35H37BN5O3/c1-4-10-28(23-36-19-20-37)30(5-2)35(44)38-29-17-15-24(16-18-29)31-22-32(41(3)40-31)39-34(43)27-14-9-13-26(21-27)33(42)25-11-7-6-8-12-25/h5-18,21-22H,4,19-20,23,37H2,1-3H3,(H,38,44)(H,39,43)/b28-10-,30-5+. The van der Waals surface area contributed by atoms with E-state index >= 15 is 0 Å². The quantitative estimate of drug-likeness (QED) is 0.0559. The molecule has 0 atom stereocenters. The van der Waals surface area contributed by atoms with Gasteiger partial charge in [-0.1, -0.05) is 86.3 Å². The highest BCUT2D eigenvalue weighted by Crippen LogP contribution is 2.25. The Morgan fingerprint density at radius 1 is 0.909 bits per heavy atom. The Morgan fingerprint density at radius 3 is 2.30 bits per heavy atom. The lowest BCUT2D eigenvalue weighted by atomic mass is 9.67. The van der Waals surface area contributed by atoms with Crippen LogP contribution in [0.25, 0.3) is 11.3 Å². The molecule has 0 bridgehead atoms. The van der Waals surface area contributed by atoms with Crippen LogP contribution in [0.1, 0.15) is 46.5 Å². The average molecular weight is 587 g/mol. The topological polar surface area (TPSA) is 119 Å². The average Bonchev–Trinajstić information content (AvgIpc) is 3.41. The van der Waals surface area contributed by atoms with Crippen molar-refractivity contribution in [3.8, 4) is 11.3 Å². The lowest BCUT2D eigenvalue weighted by Gasteiger charge is -2.13. The van der Waals surface area contributed by atoms with Crippen LogP contribution >= 0.6 is 0 Å². The van der Waals surface area contributed by atoms with Crippen molar-refractivity contribution in [1.29, 1.82) is 0 Å². The third kappa shape index (κ3) is 8.08. The third-order valence-electron chi connectivity index (χ3n) is 7.05. The molecule has 0 unspecified atom stereocenters. The number of benzene rings is 3. The molecule has 1 heterocycles. The second-order valence-electron chi connectivity index (χ2n) is 10.2. The first-order valence-electron chi connectivity index (χ1n) is 14.7. The first kappa shape index (κ1) is 31.9. The number of aryl methyl sites for hydroxylation is 1. The number of anilines is 2. The normalized spacial score (nSPS) is 11.6. The van der Waals surface area contributed by atoms with Crippen molar-refractivity contribution in [3.05, 3.63) is 125 Å². The van der Waals surface area contributed by atoms with Crippen LogP contribution in [0, 0.1) is 0 Å². The van der Waals surface area contributed by atoms with Gasteiger partial charge in [-0.15, -0.1) is 0 Å². The largest absolute Gasteiger partial charge is 0.331 e. The van der Waals surface area contributed by atoms with E-state index in [4.69, 9.17) is 5.73 Å². The zero-order valence-corrected chi connectivity index (χ0v) is 25.3. The molecule has 0 aliphatic rings. The zero-order valence-electron chi connectivity index (χ0n) is 25.3. The number of amides is 2. The fraction of sp³-hybridized carbons (Fsp3) is 0.200. The van der Waals surface area contributed by atoms with Crippen molar-refractivity contribution in [2.24, 2.45) is 12.8 Å². The molecule has 4 rings (SSSR count). The summed E-state index contributed by atoms with van der Waals surface area (Å²) in [6.07, 6.45) is 6.22. The van der Waals surface area contributed by atoms with E-state index < -0.39 is 0 Å². The van der Waals surface area contributed by atoms with E-state index in [0.717, 1.165) is 23.9 Å². The van der Waals surface area contributed by atoms with Gasteiger partial charge in [0.1, 0.15) is 13.1 Å². The van der Waals surface area contributed by atoms with Crippen LogP contribution in [-0.4, -0.2) is 41.2 Å². The van der Waals surface area contributed by atoms with Gasteiger partial charge in [0, 0.05) is 46.6 Å². The summed E-state index contributed by atoms with van der Waals surface area (Å²) in [5.74, 6) is -0.166. The number of allylic oxidation sites excluding steroid dienone is 2. The fourth-order valence-electron chi connectivity index (χ4n) is 4.78. The maximum absolute atomic E-state index is 13.1. The molecule has 4 aromatic rings. The van der Waals surface area contributed by atoms with Gasteiger partial charge in [-0.3, -0.25) is 19.1 Å². The van der Waals surface area contributed by atoms with Crippen molar-refractivity contribution in [2.45, 2.75) is 32.9 Å². The number of rotatable bonds is 13. The molecule has 0 aliphatic heterocycles. The van der Waals surface area contributed by atoms with Gasteiger partial charge in [0.25, 0.3) is 11.8 Å². The van der Waals surface area contributed by atoms with Gasteiger partial charge < -0.3 is 16.4 Å². The van der Waals surface area contributed by atoms with Crippen LogP contribution < -0.4 is 16.4 Å². The summed E-state index contributed by atoms with van der Waals surface area (Å²) < 4.78 is 1.59. The van der Waals surface area contributed by atoms with Gasteiger partial charge in [-0.2, -0.15) is 5.10 Å². The van der Waals surface area contributed by atoms with Crippen LogP contribution in [-0.2, 0) is 11.8 Å². The zero-order chi connectivity index (χ0) is 31.5. The first-order chi connectivity index (χ1) is 21.3. The molecule has 0 saturated heterocycles. The molecule has 4 N–H and O–H groups in total. The monoisotopic (exact) mass is 586 g/mol. The minimum Gasteiger partial charge on any atom is -0.331 e. The SMILES string of the molecule is C/C=C(C(=O)Nc1ccc(-c2cc(NC(=O)c3cccc(C(=O)c4ccccc4)c3)n(C)n2)cc1)\C(=C/CC)C[B]CCN. The molecule has 44 heavy (non-hydrogen) atoms. The predicted molar refractivity (Wildman–Crippen MR) is 178 cm³/mol. The van der Waals surface area contributed by atoms with Gasteiger partial charge in [0.05, 0.1) is 5.69 Å². The Labute approximate surface area is 259 Å². The van der Waals surface area contributed by atoms with Crippen LogP contribution in [0.3, 0.4) is 0 Å². The van der Waals surface area contributed by atoms with Crippen LogP contribution in [0.15, 0.2) is 108 Å². The number of carbonyl (C=O) groups excluding carboxylic acids is 3. The van der Waals surface area contributed by atoms with E-state index in [-0.39, 0.29) is 17.6 Å². The number of nitrogens with two attached hydrogens (primary N) is 1. The highest BCUT2D eigenvalue weighted by molar-refractivity contribution is 6.37. The number of aromatic nitrogens is 2. The van der Waals surface area contributed by atoms with E-state index in [1.54, 1.807) is 66.3 Å². The molecule has 0 fully saturated rings. The van der Waals surface area contributed by atoms with Crippen LogP contribution in [0.2, 0.25) is 12.6 Å². The summed E-state index contributed by atoms with van der Waals surface area (Å²) in [5, 5.41) is 10.4. The molecular formula is C35H37BN5O3. The molecule has 0 aliphatic carbocycles. The Morgan fingerprint density at radius 2 is 1.61 bits per heavy atom. The van der Waals surface area contributed by atoms with Crippen LogP contribution in [0.5, 0.6) is 0 Å². The number of nitrogens with one attached hydrogen (secondary N) is 2. The van der Waals surface area contributed by atoms with Crippen molar-refractivity contribution in [1.82, 2.24) is 9.78 Å². The molecule has 8 nitrogen and oxygen atoms in total. The highest BCUT2D eigenvalue weighted by atomic mass is 16.2. The van der Waals surface area contributed by atoms with E-state index in [9.17, 15) is 14.4 Å². The van der Waals surface area contributed by atoms with Gasteiger partial charge in [0.2, 0.25) is 0 Å². The van der Waals surface area contributed by atoms with Gasteiger partial charge in [-0.05, 0) is 49.7 Å². The van der Waals surface area contributed by atoms with Crippen molar-refractivity contribution < 1.29 is 14.4 Å². The second kappa shape index (κ2) is 15.5. The summed E-state index contributed by atoms with van der Waals surface area (Å²) in [6.45, 7) is 4.50. The minimum atomic E-state index is -0.350. The number of hydrogen-bond donors (Lipinski definition) is 3. The second-order valence-corrected chi connectivity index (χ2v) is 10.2. The Balaban J connectivity index is 1.43. The maximum atomic E-state index is 13.1. The van der Waals surface area contributed by atoms with E-state index in [1.165, 1.54) is 0 Å². The Kier molecular flexibility index (Phi) is 11.2. The number of carbonyl (C=O) groups is 3. The molecule has 0 spiro atoms. The fourth-order valence-corrected chi connectivity index (χ4v) is 4.78. The smallest absolute Gasteiger partial charge is 0.256 e. The summed E-state index contributed by atoms with van der Waals surface area (Å²) in [6, 6.07) is 24.8. The molecule has 0 saturated carbocycles. The summed E-state index contributed by atoms with van der Waals surface area (Å²) in [4.78, 5) is 39.1. The van der Waals surface area contributed by atoms with Crippen molar-refractivity contribution >= 4 is 36.4 Å². The first-order valence-corrected chi connectivity index (χ1v) is 14.7. The summed E-state index contributed by atoms with van der Waals surface area (Å²) in [7, 11) is 3.84. The molecule has 3 aromatic carbocycles.